The molecule has 1 aliphatic heterocycles. The topological polar surface area (TPSA) is 179 Å². The fourth-order valence-electron chi connectivity index (χ4n) is 9.00. The first kappa shape index (κ1) is 46.9. The van der Waals surface area contributed by atoms with Crippen molar-refractivity contribution in [1.82, 2.24) is 46.5 Å². The van der Waals surface area contributed by atoms with E-state index in [0.29, 0.717) is 29.9 Å². The summed E-state index contributed by atoms with van der Waals surface area (Å²) in [5.74, 6) is -1.86. The highest BCUT2D eigenvalue weighted by Crippen LogP contribution is 2.42. The van der Waals surface area contributed by atoms with Crippen LogP contribution in [-0.2, 0) is 20.9 Å². The molecular weight excluding hydrogens is 819 g/mol. The fourth-order valence-corrected chi connectivity index (χ4v) is 9.00. The summed E-state index contributed by atoms with van der Waals surface area (Å²) in [6, 6.07) is 25.9. The van der Waals surface area contributed by atoms with Gasteiger partial charge in [-0.3, -0.25) is 19.2 Å². The number of carbonyl (C=O) groups excluding carboxylic acids is 5. The van der Waals surface area contributed by atoms with Crippen LogP contribution in [0.15, 0.2) is 91.1 Å². The molecule has 0 bridgehead atoms. The lowest BCUT2D eigenvalue weighted by molar-refractivity contribution is -0.133. The number of carbonyl (C=O) groups is 5. The van der Waals surface area contributed by atoms with E-state index < -0.39 is 23.9 Å². The van der Waals surface area contributed by atoms with Crippen LogP contribution < -0.4 is 26.6 Å². The minimum absolute atomic E-state index is 0.00592. The second-order valence-electron chi connectivity index (χ2n) is 18.1. The largest absolute Gasteiger partial charge is 0.354 e. The van der Waals surface area contributed by atoms with Gasteiger partial charge in [-0.1, -0.05) is 143 Å². The molecule has 3 aliphatic rings. The van der Waals surface area contributed by atoms with Crippen LogP contribution in [0.25, 0.3) is 11.3 Å². The van der Waals surface area contributed by atoms with Crippen molar-refractivity contribution in [2.75, 3.05) is 26.2 Å². The molecular formula is C51H67N9O5. The molecule has 14 nitrogen and oxygen atoms in total. The van der Waals surface area contributed by atoms with E-state index in [2.05, 4.69) is 75.0 Å². The van der Waals surface area contributed by atoms with Gasteiger partial charge in [0.15, 0.2) is 0 Å². The molecule has 6 amide bonds. The highest BCUT2D eigenvalue weighted by Gasteiger charge is 2.49. The van der Waals surface area contributed by atoms with E-state index in [0.717, 1.165) is 57.8 Å². The molecule has 5 N–H and O–H groups in total. The van der Waals surface area contributed by atoms with Gasteiger partial charge in [-0.15, -0.1) is 5.10 Å². The monoisotopic (exact) mass is 886 g/mol. The van der Waals surface area contributed by atoms with Crippen molar-refractivity contribution in [2.45, 2.75) is 127 Å². The number of rotatable bonds is 24. The number of nitrogens with zero attached hydrogens (tertiary/aromatic N) is 4. The van der Waals surface area contributed by atoms with Gasteiger partial charge in [0, 0.05) is 61.2 Å². The molecule has 14 heteroatoms. The fraction of sp³-hybridized carbons (Fsp3) is 0.510. The number of hydrogen-bond donors (Lipinski definition) is 5. The molecule has 7 atom stereocenters. The Morgan fingerprint density at radius 2 is 1.17 bits per heavy atom. The zero-order valence-electron chi connectivity index (χ0n) is 38.1. The third-order valence-corrected chi connectivity index (χ3v) is 13.1. The number of hydrogen-bond acceptors (Lipinski definition) is 7. The molecule has 0 spiro atoms. The Morgan fingerprint density at radius 1 is 0.646 bits per heavy atom. The summed E-state index contributed by atoms with van der Waals surface area (Å²) in [7, 11) is 0. The zero-order chi connectivity index (χ0) is 45.5. The maximum atomic E-state index is 14.1. The lowest BCUT2D eigenvalue weighted by atomic mass is 9.94. The maximum absolute atomic E-state index is 14.1. The lowest BCUT2D eigenvalue weighted by Crippen LogP contribution is -2.52. The van der Waals surface area contributed by atoms with Crippen LogP contribution in [0.5, 0.6) is 0 Å². The van der Waals surface area contributed by atoms with Crippen LogP contribution in [0, 0.1) is 11.8 Å². The van der Waals surface area contributed by atoms with Gasteiger partial charge in [0.05, 0.1) is 24.6 Å². The predicted octanol–water partition coefficient (Wildman–Crippen LogP) is 6.70. The molecule has 1 saturated heterocycles. The van der Waals surface area contributed by atoms with E-state index in [1.54, 1.807) is 35.4 Å². The molecule has 1 unspecified atom stereocenters. The van der Waals surface area contributed by atoms with Gasteiger partial charge < -0.3 is 31.5 Å². The summed E-state index contributed by atoms with van der Waals surface area (Å²) in [6.45, 7) is 5.72. The van der Waals surface area contributed by atoms with Crippen molar-refractivity contribution in [1.29, 1.82) is 0 Å². The Balaban J connectivity index is 0.968. The van der Waals surface area contributed by atoms with Gasteiger partial charge in [-0.2, -0.15) is 0 Å². The van der Waals surface area contributed by atoms with Crippen LogP contribution >= 0.6 is 0 Å². The number of amides is 6. The van der Waals surface area contributed by atoms with Crippen molar-refractivity contribution in [3.63, 3.8) is 0 Å². The molecule has 4 aromatic rings. The van der Waals surface area contributed by atoms with Gasteiger partial charge in [0.2, 0.25) is 17.7 Å². The van der Waals surface area contributed by atoms with Crippen LogP contribution in [0.3, 0.4) is 0 Å². The first-order chi connectivity index (χ1) is 31.7. The van der Waals surface area contributed by atoms with E-state index in [1.807, 2.05) is 36.4 Å². The summed E-state index contributed by atoms with van der Waals surface area (Å²) in [5.41, 5.74) is 4.02. The van der Waals surface area contributed by atoms with E-state index in [-0.39, 0.29) is 67.2 Å². The summed E-state index contributed by atoms with van der Waals surface area (Å²) in [5, 5.41) is 23.7. The smallest absolute Gasteiger partial charge is 0.315 e. The summed E-state index contributed by atoms with van der Waals surface area (Å²) < 4.78 is 1.54. The number of likely N-dealkylation sites (tertiary alicyclic amines) is 1. The van der Waals surface area contributed by atoms with E-state index in [4.69, 9.17) is 0 Å². The van der Waals surface area contributed by atoms with E-state index >= 15 is 0 Å². The molecule has 3 aromatic carbocycles. The summed E-state index contributed by atoms with van der Waals surface area (Å²) in [6.07, 6.45) is 14.1. The number of nitrogens with one attached hydrogen (secondary N) is 5. The first-order valence-electron chi connectivity index (χ1n) is 24.0. The van der Waals surface area contributed by atoms with E-state index in [1.165, 1.54) is 35.1 Å². The average Bonchev–Trinajstić information content (AvgIpc) is 4.16. The number of aromatic nitrogens is 3. The van der Waals surface area contributed by atoms with Crippen molar-refractivity contribution in [3.8, 4) is 11.3 Å². The van der Waals surface area contributed by atoms with Crippen LogP contribution in [0.1, 0.15) is 124 Å². The van der Waals surface area contributed by atoms with Crippen LogP contribution in [0.2, 0.25) is 0 Å². The van der Waals surface area contributed by atoms with Crippen LogP contribution in [0.4, 0.5) is 4.79 Å². The van der Waals surface area contributed by atoms with Gasteiger partial charge in [0.1, 0.15) is 11.7 Å². The second-order valence-corrected chi connectivity index (χ2v) is 18.1. The Morgan fingerprint density at radius 3 is 1.74 bits per heavy atom. The predicted molar refractivity (Wildman–Crippen MR) is 251 cm³/mol. The number of unbranched alkanes of at least 4 members (excludes halogenated alkanes) is 8. The minimum atomic E-state index is -0.873. The Bertz CT molecular complexity index is 2110. The summed E-state index contributed by atoms with van der Waals surface area (Å²) in [4.78, 5) is 69.8. The third kappa shape index (κ3) is 13.3. The molecule has 2 heterocycles. The molecule has 3 fully saturated rings. The Labute approximate surface area is 383 Å². The number of urea groups is 1. The standard InChI is InChI=1S/C51H67N9O5/c1-3-5-7-9-10-18-28-53-51(65)56-46(49(63)52-27-17-8-6-4-2)34-60-33-45(57-58-60)37-23-25-38(26-24-37)50(64)59-31-41(47(61)54-43-29-39(43)35-19-13-11-14-20-35)42(32-59)48(62)55-44-30-40(44)36-21-15-12-16-22-36/h11-16,19-26,33,39-44,46H,3-10,17-18,27-32,34H2,1-2H3,(H,52,63)(H,54,61)(H,55,62)(H2,53,56,65)/t39-,40-,41-,42-,43+,44+,46?/m1/s1. The van der Waals surface area contributed by atoms with Gasteiger partial charge in [0.25, 0.3) is 5.91 Å². The highest BCUT2D eigenvalue weighted by atomic mass is 16.2. The molecule has 346 valence electrons. The molecule has 65 heavy (non-hydrogen) atoms. The molecule has 1 aromatic heterocycles. The quantitative estimate of drug-likeness (QED) is 0.0486. The summed E-state index contributed by atoms with van der Waals surface area (Å²) >= 11 is 0. The normalized spacial score (nSPS) is 21.2. The third-order valence-electron chi connectivity index (χ3n) is 13.1. The minimum Gasteiger partial charge on any atom is -0.354 e. The van der Waals surface area contributed by atoms with Crippen molar-refractivity contribution < 1.29 is 24.0 Å². The van der Waals surface area contributed by atoms with Gasteiger partial charge >= 0.3 is 6.03 Å². The zero-order valence-corrected chi connectivity index (χ0v) is 38.1. The molecule has 2 aliphatic carbocycles. The van der Waals surface area contributed by atoms with Gasteiger partial charge in [-0.05, 0) is 48.9 Å². The van der Waals surface area contributed by atoms with Gasteiger partial charge in [-0.25, -0.2) is 9.48 Å². The highest BCUT2D eigenvalue weighted by molar-refractivity contribution is 5.97. The maximum Gasteiger partial charge on any atom is 0.315 e. The SMILES string of the molecule is CCCCCCCCNC(=O)NC(Cn1cc(-c2ccc(C(=O)N3C[C@@H](C(=O)N[C@H]4C[C@@H]4c4ccccc4)[C@H](C(=O)N[C@H]4C[C@@H]4c4ccccc4)C3)cc2)nn1)C(=O)NCCCCCC. The average molecular weight is 886 g/mol. The van der Waals surface area contributed by atoms with E-state index in [9.17, 15) is 24.0 Å². The van der Waals surface area contributed by atoms with Crippen molar-refractivity contribution in [3.05, 3.63) is 108 Å². The lowest BCUT2D eigenvalue weighted by Gasteiger charge is -2.19. The first-order valence-corrected chi connectivity index (χ1v) is 24.0. The molecule has 0 radical (unpaired) electrons. The second kappa shape index (κ2) is 23.2. The molecule has 2 saturated carbocycles. The Hall–Kier alpha value is -6.05. The molecule has 7 rings (SSSR count). The number of benzene rings is 3. The van der Waals surface area contributed by atoms with Crippen molar-refractivity contribution >= 4 is 29.7 Å². The Kier molecular flexibility index (Phi) is 16.8. The van der Waals surface area contributed by atoms with Crippen LogP contribution in [-0.4, -0.2) is 93.9 Å². The van der Waals surface area contributed by atoms with Crippen molar-refractivity contribution in [2.24, 2.45) is 11.8 Å².